The Labute approximate surface area is 80.1 Å². The van der Waals surface area contributed by atoms with Crippen LogP contribution >= 0.6 is 0 Å². The zero-order valence-electron chi connectivity index (χ0n) is 7.65. The van der Waals surface area contributed by atoms with Crippen LogP contribution in [0.5, 0.6) is 0 Å². The van der Waals surface area contributed by atoms with Crippen molar-refractivity contribution in [2.24, 2.45) is 0 Å². The first kappa shape index (κ1) is 8.74. The van der Waals surface area contributed by atoms with Gasteiger partial charge in [0, 0.05) is 5.39 Å². The summed E-state index contributed by atoms with van der Waals surface area (Å²) >= 11 is 0. The molecule has 2 aromatic rings. The van der Waals surface area contributed by atoms with Gasteiger partial charge in [0.05, 0.1) is 6.42 Å². The number of aliphatic carboxylic acids is 1. The Bertz CT molecular complexity index is 487. The van der Waals surface area contributed by atoms with E-state index < -0.39 is 5.97 Å². The van der Waals surface area contributed by atoms with Crippen LogP contribution in [0.3, 0.4) is 0 Å². The minimum Gasteiger partial charge on any atom is -0.481 e. The van der Waals surface area contributed by atoms with Gasteiger partial charge in [-0.25, -0.2) is 0 Å². The fraction of sp³-hybridized carbons (Fsp3) is 0.200. The predicted molar refractivity (Wildman–Crippen MR) is 50.1 cm³/mol. The SMILES string of the molecule is Cc1cccc2onc(CC(=O)O)c12. The molecular weight excluding hydrogens is 182 g/mol. The van der Waals surface area contributed by atoms with Crippen molar-refractivity contribution in [3.05, 3.63) is 29.5 Å². The number of carbonyl (C=O) groups is 1. The van der Waals surface area contributed by atoms with Gasteiger partial charge < -0.3 is 9.63 Å². The summed E-state index contributed by atoms with van der Waals surface area (Å²) in [4.78, 5) is 10.5. The summed E-state index contributed by atoms with van der Waals surface area (Å²) in [7, 11) is 0. The molecule has 0 amide bonds. The molecule has 4 heteroatoms. The van der Waals surface area contributed by atoms with Crippen LogP contribution < -0.4 is 0 Å². The van der Waals surface area contributed by atoms with Crippen molar-refractivity contribution in [2.75, 3.05) is 0 Å². The van der Waals surface area contributed by atoms with Gasteiger partial charge in [0.2, 0.25) is 0 Å². The lowest BCUT2D eigenvalue weighted by atomic mass is 10.1. The molecule has 2 rings (SSSR count). The second-order valence-electron chi connectivity index (χ2n) is 3.15. The first-order valence-corrected chi connectivity index (χ1v) is 4.24. The lowest BCUT2D eigenvalue weighted by Crippen LogP contribution is -2.00. The highest BCUT2D eigenvalue weighted by Gasteiger charge is 2.12. The Hall–Kier alpha value is -1.84. The molecule has 0 aliphatic carbocycles. The highest BCUT2D eigenvalue weighted by atomic mass is 16.5. The second-order valence-corrected chi connectivity index (χ2v) is 3.15. The van der Waals surface area contributed by atoms with E-state index in [1.807, 2.05) is 19.1 Å². The van der Waals surface area contributed by atoms with Crippen molar-refractivity contribution in [3.8, 4) is 0 Å². The number of hydrogen-bond donors (Lipinski definition) is 1. The molecule has 0 unspecified atom stereocenters. The molecule has 0 saturated carbocycles. The maximum absolute atomic E-state index is 10.5. The minimum absolute atomic E-state index is 0.0994. The molecule has 14 heavy (non-hydrogen) atoms. The third-order valence-electron chi connectivity index (χ3n) is 2.10. The van der Waals surface area contributed by atoms with Crippen LogP contribution in [0.2, 0.25) is 0 Å². The van der Waals surface area contributed by atoms with Gasteiger partial charge in [-0.15, -0.1) is 0 Å². The predicted octanol–water partition coefficient (Wildman–Crippen LogP) is 1.76. The van der Waals surface area contributed by atoms with E-state index in [9.17, 15) is 4.79 Å². The van der Waals surface area contributed by atoms with Gasteiger partial charge in [-0.2, -0.15) is 0 Å². The summed E-state index contributed by atoms with van der Waals surface area (Å²) in [6.45, 7) is 1.91. The molecule has 4 nitrogen and oxygen atoms in total. The minimum atomic E-state index is -0.900. The molecular formula is C10H9NO3. The Morgan fingerprint density at radius 2 is 2.36 bits per heavy atom. The van der Waals surface area contributed by atoms with Gasteiger partial charge in [0.15, 0.2) is 5.58 Å². The van der Waals surface area contributed by atoms with Crippen molar-refractivity contribution in [3.63, 3.8) is 0 Å². The van der Waals surface area contributed by atoms with Gasteiger partial charge in [-0.05, 0) is 18.6 Å². The van der Waals surface area contributed by atoms with Crippen LogP contribution in [-0.4, -0.2) is 16.2 Å². The largest absolute Gasteiger partial charge is 0.481 e. The summed E-state index contributed by atoms with van der Waals surface area (Å²) < 4.78 is 5.02. The lowest BCUT2D eigenvalue weighted by molar-refractivity contribution is -0.136. The number of hydrogen-bond acceptors (Lipinski definition) is 3. The van der Waals surface area contributed by atoms with Gasteiger partial charge in [0.1, 0.15) is 5.69 Å². The van der Waals surface area contributed by atoms with Crippen molar-refractivity contribution in [1.82, 2.24) is 5.16 Å². The third-order valence-corrected chi connectivity index (χ3v) is 2.10. The van der Waals surface area contributed by atoms with E-state index in [4.69, 9.17) is 9.63 Å². The normalized spacial score (nSPS) is 10.6. The fourth-order valence-corrected chi connectivity index (χ4v) is 1.50. The van der Waals surface area contributed by atoms with E-state index in [1.54, 1.807) is 6.07 Å². The van der Waals surface area contributed by atoms with E-state index in [0.717, 1.165) is 10.9 Å². The van der Waals surface area contributed by atoms with Crippen molar-refractivity contribution >= 4 is 16.9 Å². The number of carboxylic acids is 1. The highest BCUT2D eigenvalue weighted by molar-refractivity contribution is 5.86. The van der Waals surface area contributed by atoms with Crippen LogP contribution in [0.25, 0.3) is 11.0 Å². The standard InChI is InChI=1S/C10H9NO3/c1-6-3-2-4-8-10(6)7(11-14-8)5-9(12)13/h2-4H,5H2,1H3,(H,12,13). The summed E-state index contributed by atoms with van der Waals surface area (Å²) in [5, 5.41) is 13.2. The number of aryl methyl sites for hydroxylation is 1. The van der Waals surface area contributed by atoms with E-state index in [1.165, 1.54) is 0 Å². The molecule has 72 valence electrons. The van der Waals surface area contributed by atoms with Gasteiger partial charge >= 0.3 is 5.97 Å². The highest BCUT2D eigenvalue weighted by Crippen LogP contribution is 2.22. The maximum Gasteiger partial charge on any atom is 0.309 e. The second kappa shape index (κ2) is 3.14. The monoisotopic (exact) mass is 191 g/mol. The number of fused-ring (bicyclic) bond motifs is 1. The Morgan fingerprint density at radius 1 is 1.57 bits per heavy atom. The van der Waals surface area contributed by atoms with E-state index in [-0.39, 0.29) is 6.42 Å². The summed E-state index contributed by atoms with van der Waals surface area (Å²) in [6, 6.07) is 5.54. The number of benzene rings is 1. The smallest absolute Gasteiger partial charge is 0.309 e. The molecule has 1 aromatic carbocycles. The van der Waals surface area contributed by atoms with E-state index >= 15 is 0 Å². The van der Waals surface area contributed by atoms with Gasteiger partial charge in [-0.3, -0.25) is 4.79 Å². The van der Waals surface area contributed by atoms with Crippen molar-refractivity contribution in [2.45, 2.75) is 13.3 Å². The number of aromatic nitrogens is 1. The quantitative estimate of drug-likeness (QED) is 0.785. The van der Waals surface area contributed by atoms with Crippen LogP contribution in [0.15, 0.2) is 22.7 Å². The zero-order chi connectivity index (χ0) is 10.1. The van der Waals surface area contributed by atoms with Crippen LogP contribution in [0, 0.1) is 6.92 Å². The number of rotatable bonds is 2. The first-order chi connectivity index (χ1) is 6.68. The van der Waals surface area contributed by atoms with Gasteiger partial charge in [-0.1, -0.05) is 17.3 Å². The average Bonchev–Trinajstić information content (AvgIpc) is 2.49. The molecule has 0 radical (unpaired) electrons. The summed E-state index contributed by atoms with van der Waals surface area (Å²) in [6.07, 6.45) is -0.0994. The average molecular weight is 191 g/mol. The molecule has 0 aliphatic rings. The summed E-state index contributed by atoms with van der Waals surface area (Å²) in [5.41, 5.74) is 2.12. The Balaban J connectivity index is 2.61. The van der Waals surface area contributed by atoms with E-state index in [0.29, 0.717) is 11.3 Å². The molecule has 0 bridgehead atoms. The molecule has 0 atom stereocenters. The van der Waals surface area contributed by atoms with Crippen molar-refractivity contribution < 1.29 is 14.4 Å². The Kier molecular flexibility index (Phi) is 1.96. The maximum atomic E-state index is 10.5. The molecule has 0 spiro atoms. The molecule has 0 aliphatic heterocycles. The van der Waals surface area contributed by atoms with E-state index in [2.05, 4.69) is 5.16 Å². The van der Waals surface area contributed by atoms with Crippen molar-refractivity contribution in [1.29, 1.82) is 0 Å². The lowest BCUT2D eigenvalue weighted by Gasteiger charge is -1.94. The van der Waals surface area contributed by atoms with Crippen LogP contribution in [-0.2, 0) is 11.2 Å². The topological polar surface area (TPSA) is 63.3 Å². The van der Waals surface area contributed by atoms with Gasteiger partial charge in [0.25, 0.3) is 0 Å². The zero-order valence-corrected chi connectivity index (χ0v) is 7.65. The molecule has 0 saturated heterocycles. The molecule has 0 fully saturated rings. The molecule has 1 heterocycles. The fourth-order valence-electron chi connectivity index (χ4n) is 1.50. The molecule has 1 aromatic heterocycles. The van der Waals surface area contributed by atoms with Crippen LogP contribution in [0.1, 0.15) is 11.3 Å². The van der Waals surface area contributed by atoms with Crippen LogP contribution in [0.4, 0.5) is 0 Å². The number of carboxylic acid groups (broad SMARTS) is 1. The number of nitrogens with zero attached hydrogens (tertiary/aromatic N) is 1. The summed E-state index contributed by atoms with van der Waals surface area (Å²) in [5.74, 6) is -0.900. The first-order valence-electron chi connectivity index (χ1n) is 4.24. The third kappa shape index (κ3) is 1.35. The Morgan fingerprint density at radius 3 is 3.07 bits per heavy atom. The molecule has 1 N–H and O–H groups in total.